The SMILES string of the molecule is Nc1nc(-c2ccnc(Sc3cc(-c4nc(NC5CCNC5)c5sccc5n4)ccn3)c2)nc2ccsc12. The van der Waals surface area contributed by atoms with Crippen LogP contribution in [0.3, 0.4) is 0 Å². The van der Waals surface area contributed by atoms with Gasteiger partial charge in [-0.05, 0) is 60.1 Å². The highest BCUT2D eigenvalue weighted by atomic mass is 32.2. The van der Waals surface area contributed by atoms with E-state index in [0.29, 0.717) is 23.5 Å². The molecule has 9 nitrogen and oxygen atoms in total. The first kappa shape index (κ1) is 23.4. The van der Waals surface area contributed by atoms with Gasteiger partial charge in [-0.25, -0.2) is 29.9 Å². The molecule has 1 atom stereocenters. The van der Waals surface area contributed by atoms with Gasteiger partial charge in [-0.2, -0.15) is 0 Å². The summed E-state index contributed by atoms with van der Waals surface area (Å²) in [6, 6.07) is 12.1. The number of hydrogen-bond donors (Lipinski definition) is 3. The molecular weight excluding hydrogens is 535 g/mol. The Morgan fingerprint density at radius 1 is 0.842 bits per heavy atom. The number of pyridine rings is 2. The Hall–Kier alpha value is -3.71. The van der Waals surface area contributed by atoms with Gasteiger partial charge < -0.3 is 16.4 Å². The molecule has 6 aromatic heterocycles. The van der Waals surface area contributed by atoms with Gasteiger partial charge in [0.05, 0.1) is 20.4 Å². The highest BCUT2D eigenvalue weighted by molar-refractivity contribution is 7.99. The van der Waals surface area contributed by atoms with Crippen molar-refractivity contribution in [3.8, 4) is 22.8 Å². The van der Waals surface area contributed by atoms with Gasteiger partial charge in [0.15, 0.2) is 11.6 Å². The average Bonchev–Trinajstić information content (AvgIpc) is 3.71. The normalized spacial score (nSPS) is 15.4. The predicted molar refractivity (Wildman–Crippen MR) is 155 cm³/mol. The van der Waals surface area contributed by atoms with E-state index in [4.69, 9.17) is 15.7 Å². The van der Waals surface area contributed by atoms with Crippen molar-refractivity contribution in [3.63, 3.8) is 0 Å². The van der Waals surface area contributed by atoms with E-state index in [2.05, 4.69) is 35.9 Å². The highest BCUT2D eigenvalue weighted by Crippen LogP contribution is 2.33. The average molecular weight is 556 g/mol. The van der Waals surface area contributed by atoms with Crippen molar-refractivity contribution in [1.82, 2.24) is 35.2 Å². The predicted octanol–water partition coefficient (Wildman–Crippen LogP) is 5.33. The van der Waals surface area contributed by atoms with Gasteiger partial charge in [-0.1, -0.05) is 11.8 Å². The standard InChI is InChI=1S/C26H21N9S3/c27-23-21-17(4-9-36-21)32-24(34-23)14-1-7-29-19(11-14)38-20-12-15(2-8-30-20)25-33-18-5-10-37-22(18)26(35-25)31-16-3-6-28-13-16/h1-2,4-5,7-12,16,28H,3,6,13H2,(H2,27,32,34)(H,31,33,35). The summed E-state index contributed by atoms with van der Waals surface area (Å²) in [5.74, 6) is 2.62. The van der Waals surface area contributed by atoms with E-state index in [0.717, 1.165) is 66.9 Å². The summed E-state index contributed by atoms with van der Waals surface area (Å²) in [5.41, 5.74) is 9.70. The molecule has 188 valence electrons. The first-order valence-corrected chi connectivity index (χ1v) is 14.6. The maximum atomic E-state index is 6.17. The Balaban J connectivity index is 1.18. The van der Waals surface area contributed by atoms with E-state index >= 15 is 0 Å². The summed E-state index contributed by atoms with van der Waals surface area (Å²) >= 11 is 4.66. The monoisotopic (exact) mass is 555 g/mol. The topological polar surface area (TPSA) is 127 Å². The third kappa shape index (κ3) is 4.56. The minimum Gasteiger partial charge on any atom is -0.382 e. The van der Waals surface area contributed by atoms with Crippen molar-refractivity contribution in [2.75, 3.05) is 24.1 Å². The van der Waals surface area contributed by atoms with Crippen LogP contribution < -0.4 is 16.4 Å². The number of thiophene rings is 2. The van der Waals surface area contributed by atoms with Crippen molar-refractivity contribution in [2.24, 2.45) is 0 Å². The molecule has 0 aliphatic carbocycles. The minimum absolute atomic E-state index is 0.365. The molecular formula is C26H21N9S3. The van der Waals surface area contributed by atoms with Gasteiger partial charge in [-0.15, -0.1) is 22.7 Å². The van der Waals surface area contributed by atoms with Crippen LogP contribution in [0.1, 0.15) is 6.42 Å². The molecule has 1 aliphatic rings. The van der Waals surface area contributed by atoms with Crippen LogP contribution in [0.5, 0.6) is 0 Å². The molecule has 1 fully saturated rings. The Morgan fingerprint density at radius 2 is 1.50 bits per heavy atom. The third-order valence-electron chi connectivity index (χ3n) is 6.23. The zero-order chi connectivity index (χ0) is 25.5. The van der Waals surface area contributed by atoms with Gasteiger partial charge in [-0.3, -0.25) is 0 Å². The highest BCUT2D eigenvalue weighted by Gasteiger charge is 2.18. The lowest BCUT2D eigenvalue weighted by Gasteiger charge is -2.14. The van der Waals surface area contributed by atoms with Gasteiger partial charge in [0, 0.05) is 36.1 Å². The molecule has 0 aromatic carbocycles. The second-order valence-electron chi connectivity index (χ2n) is 8.80. The molecule has 12 heteroatoms. The van der Waals surface area contributed by atoms with E-state index in [1.807, 2.05) is 41.8 Å². The lowest BCUT2D eigenvalue weighted by Crippen LogP contribution is -2.22. The smallest absolute Gasteiger partial charge is 0.162 e. The molecule has 1 aliphatic heterocycles. The summed E-state index contributed by atoms with van der Waals surface area (Å²) in [7, 11) is 0. The third-order valence-corrected chi connectivity index (χ3v) is 8.93. The summed E-state index contributed by atoms with van der Waals surface area (Å²) in [4.78, 5) is 28.0. The molecule has 7 heterocycles. The molecule has 0 spiro atoms. The van der Waals surface area contributed by atoms with E-state index in [1.54, 1.807) is 35.1 Å². The van der Waals surface area contributed by atoms with Crippen LogP contribution in [0.4, 0.5) is 11.6 Å². The molecule has 4 N–H and O–H groups in total. The van der Waals surface area contributed by atoms with Gasteiger partial charge in [0.2, 0.25) is 0 Å². The number of aromatic nitrogens is 6. The Labute approximate surface area is 230 Å². The Kier molecular flexibility index (Phi) is 6.08. The quantitative estimate of drug-likeness (QED) is 0.248. The van der Waals surface area contributed by atoms with Crippen LogP contribution in [0.2, 0.25) is 0 Å². The maximum absolute atomic E-state index is 6.17. The Morgan fingerprint density at radius 3 is 2.18 bits per heavy atom. The van der Waals surface area contributed by atoms with Crippen molar-refractivity contribution >= 4 is 66.5 Å². The molecule has 0 radical (unpaired) electrons. The molecule has 0 saturated carbocycles. The van der Waals surface area contributed by atoms with Crippen molar-refractivity contribution in [3.05, 3.63) is 59.6 Å². The summed E-state index contributed by atoms with van der Waals surface area (Å²) < 4.78 is 1.98. The van der Waals surface area contributed by atoms with Crippen LogP contribution >= 0.6 is 34.4 Å². The Bertz CT molecular complexity index is 1780. The largest absolute Gasteiger partial charge is 0.382 e. The van der Waals surface area contributed by atoms with Crippen molar-refractivity contribution in [2.45, 2.75) is 22.5 Å². The number of hydrogen-bond acceptors (Lipinski definition) is 12. The lowest BCUT2D eigenvalue weighted by atomic mass is 10.2. The fourth-order valence-corrected chi connectivity index (χ4v) is 6.72. The number of anilines is 2. The van der Waals surface area contributed by atoms with E-state index < -0.39 is 0 Å². The summed E-state index contributed by atoms with van der Waals surface area (Å²) in [5, 5.41) is 12.6. The second kappa shape index (κ2) is 9.87. The first-order chi connectivity index (χ1) is 18.7. The van der Waals surface area contributed by atoms with E-state index in [-0.39, 0.29) is 0 Å². The number of nitrogens with one attached hydrogen (secondary N) is 2. The lowest BCUT2D eigenvalue weighted by molar-refractivity contribution is 0.789. The molecule has 38 heavy (non-hydrogen) atoms. The first-order valence-electron chi connectivity index (χ1n) is 12.0. The molecule has 0 bridgehead atoms. The van der Waals surface area contributed by atoms with Crippen LogP contribution in [-0.4, -0.2) is 49.0 Å². The van der Waals surface area contributed by atoms with E-state index in [9.17, 15) is 0 Å². The number of rotatable bonds is 6. The van der Waals surface area contributed by atoms with Gasteiger partial charge in [0.25, 0.3) is 0 Å². The van der Waals surface area contributed by atoms with Crippen LogP contribution in [0.25, 0.3) is 43.2 Å². The van der Waals surface area contributed by atoms with Crippen LogP contribution in [-0.2, 0) is 0 Å². The molecule has 1 saturated heterocycles. The van der Waals surface area contributed by atoms with E-state index in [1.165, 1.54) is 11.8 Å². The molecule has 7 rings (SSSR count). The zero-order valence-corrected chi connectivity index (χ0v) is 22.4. The summed E-state index contributed by atoms with van der Waals surface area (Å²) in [6.45, 7) is 1.96. The molecule has 1 unspecified atom stereocenters. The minimum atomic E-state index is 0.365. The fourth-order valence-electron chi connectivity index (χ4n) is 4.39. The number of nitrogens with two attached hydrogens (primary N) is 1. The number of nitrogens with zero attached hydrogens (tertiary/aromatic N) is 6. The second-order valence-corrected chi connectivity index (χ2v) is 11.7. The van der Waals surface area contributed by atoms with Gasteiger partial charge in [0.1, 0.15) is 21.7 Å². The zero-order valence-electron chi connectivity index (χ0n) is 20.0. The number of nitrogen functional groups attached to an aromatic ring is 1. The summed E-state index contributed by atoms with van der Waals surface area (Å²) in [6.07, 6.45) is 4.61. The number of fused-ring (bicyclic) bond motifs is 2. The van der Waals surface area contributed by atoms with Crippen molar-refractivity contribution < 1.29 is 0 Å². The van der Waals surface area contributed by atoms with Gasteiger partial charge >= 0.3 is 0 Å². The van der Waals surface area contributed by atoms with Crippen LogP contribution in [0, 0.1) is 0 Å². The van der Waals surface area contributed by atoms with Crippen LogP contribution in [0.15, 0.2) is 69.6 Å². The maximum Gasteiger partial charge on any atom is 0.162 e. The molecule has 0 amide bonds. The molecule has 6 aromatic rings. The van der Waals surface area contributed by atoms with Crippen molar-refractivity contribution in [1.29, 1.82) is 0 Å². The fraction of sp³-hybridized carbons (Fsp3) is 0.154.